The zero-order valence-corrected chi connectivity index (χ0v) is 8.53. The highest BCUT2D eigenvalue weighted by molar-refractivity contribution is 6.04. The Hall–Kier alpha value is -2.35. The van der Waals surface area contributed by atoms with E-state index in [0.717, 1.165) is 10.9 Å². The first-order valence-electron chi connectivity index (χ1n) is 4.91. The van der Waals surface area contributed by atoms with Gasteiger partial charge < -0.3 is 5.32 Å². The Bertz CT molecular complexity index is 552. The Balaban J connectivity index is 2.20. The summed E-state index contributed by atoms with van der Waals surface area (Å²) >= 11 is 0. The molecular formula is C11H10N4O. The zero-order chi connectivity index (χ0) is 11.4. The summed E-state index contributed by atoms with van der Waals surface area (Å²) in [6.45, 7) is 0.344. The van der Waals surface area contributed by atoms with Gasteiger partial charge in [-0.25, -0.2) is 0 Å². The van der Waals surface area contributed by atoms with Crippen molar-refractivity contribution >= 4 is 16.8 Å². The fraction of sp³-hybridized carbons (Fsp3) is 0.182. The second-order valence-electron chi connectivity index (χ2n) is 3.28. The van der Waals surface area contributed by atoms with E-state index in [0.29, 0.717) is 18.7 Å². The van der Waals surface area contributed by atoms with Crippen LogP contribution in [0.3, 0.4) is 0 Å². The fourth-order valence-corrected chi connectivity index (χ4v) is 1.45. The third kappa shape index (κ3) is 1.86. The Kier molecular flexibility index (Phi) is 2.83. The normalized spacial score (nSPS) is 9.94. The summed E-state index contributed by atoms with van der Waals surface area (Å²) in [6, 6.07) is 9.37. The predicted octanol–water partition coefficient (Wildman–Crippen LogP) is 1.21. The van der Waals surface area contributed by atoms with Crippen molar-refractivity contribution in [2.45, 2.75) is 6.42 Å². The standard InChI is InChI=1S/C11H10N4O/c12-6-3-7-13-11(16)10-8-4-1-2-5-9(8)14-15-10/h1-2,4-5H,3,7H2,(H,13,16)(H,14,15). The van der Waals surface area contributed by atoms with Gasteiger partial charge in [0.25, 0.3) is 5.91 Å². The molecule has 0 spiro atoms. The molecule has 0 aliphatic carbocycles. The molecule has 5 heteroatoms. The molecule has 0 aliphatic rings. The third-order valence-corrected chi connectivity index (χ3v) is 2.21. The smallest absolute Gasteiger partial charge is 0.272 e. The van der Waals surface area contributed by atoms with E-state index in [-0.39, 0.29) is 5.91 Å². The predicted molar refractivity (Wildman–Crippen MR) is 58.7 cm³/mol. The van der Waals surface area contributed by atoms with Crippen molar-refractivity contribution in [3.63, 3.8) is 0 Å². The monoisotopic (exact) mass is 214 g/mol. The second-order valence-corrected chi connectivity index (χ2v) is 3.28. The van der Waals surface area contributed by atoms with Gasteiger partial charge in [-0.2, -0.15) is 10.4 Å². The van der Waals surface area contributed by atoms with Gasteiger partial charge in [0.2, 0.25) is 0 Å². The van der Waals surface area contributed by atoms with Crippen molar-refractivity contribution in [1.29, 1.82) is 5.26 Å². The molecule has 0 saturated carbocycles. The Morgan fingerprint density at radius 1 is 1.50 bits per heavy atom. The number of hydrogen-bond acceptors (Lipinski definition) is 3. The summed E-state index contributed by atoms with van der Waals surface area (Å²) in [7, 11) is 0. The maximum Gasteiger partial charge on any atom is 0.272 e. The van der Waals surface area contributed by atoms with E-state index in [1.165, 1.54) is 0 Å². The van der Waals surface area contributed by atoms with Crippen LogP contribution in [0.1, 0.15) is 16.9 Å². The summed E-state index contributed by atoms with van der Waals surface area (Å²) in [5, 5.41) is 18.5. The van der Waals surface area contributed by atoms with Crippen LogP contribution in [0.15, 0.2) is 24.3 Å². The van der Waals surface area contributed by atoms with E-state index < -0.39 is 0 Å². The van der Waals surface area contributed by atoms with Gasteiger partial charge >= 0.3 is 0 Å². The average Bonchev–Trinajstić information content (AvgIpc) is 2.73. The molecule has 2 rings (SSSR count). The van der Waals surface area contributed by atoms with Gasteiger partial charge in [0.05, 0.1) is 18.0 Å². The highest BCUT2D eigenvalue weighted by atomic mass is 16.1. The van der Waals surface area contributed by atoms with Crippen LogP contribution in [0.5, 0.6) is 0 Å². The van der Waals surface area contributed by atoms with Crippen LogP contribution < -0.4 is 5.32 Å². The highest BCUT2D eigenvalue weighted by Crippen LogP contribution is 2.14. The van der Waals surface area contributed by atoms with Gasteiger partial charge in [-0.15, -0.1) is 0 Å². The largest absolute Gasteiger partial charge is 0.350 e. The van der Waals surface area contributed by atoms with Crippen LogP contribution in [0.2, 0.25) is 0 Å². The molecule has 1 aromatic heterocycles. The summed E-state index contributed by atoms with van der Waals surface area (Å²) < 4.78 is 0. The Morgan fingerprint density at radius 2 is 2.31 bits per heavy atom. The van der Waals surface area contributed by atoms with Crippen LogP contribution in [-0.2, 0) is 0 Å². The number of aromatic nitrogens is 2. The number of fused-ring (bicyclic) bond motifs is 1. The fourth-order valence-electron chi connectivity index (χ4n) is 1.45. The number of H-pyrrole nitrogens is 1. The maximum absolute atomic E-state index is 11.7. The van der Waals surface area contributed by atoms with Gasteiger partial charge in [-0.05, 0) is 6.07 Å². The van der Waals surface area contributed by atoms with E-state index in [9.17, 15) is 4.79 Å². The Morgan fingerprint density at radius 3 is 3.12 bits per heavy atom. The summed E-state index contributed by atoms with van der Waals surface area (Å²) in [5.74, 6) is -0.257. The molecular weight excluding hydrogens is 204 g/mol. The third-order valence-electron chi connectivity index (χ3n) is 2.21. The molecule has 80 valence electrons. The number of hydrogen-bond donors (Lipinski definition) is 2. The number of nitrogens with one attached hydrogen (secondary N) is 2. The van der Waals surface area contributed by atoms with Crippen LogP contribution in [0.4, 0.5) is 0 Å². The quantitative estimate of drug-likeness (QED) is 0.753. The molecule has 0 fully saturated rings. The Labute approximate surface area is 92.1 Å². The molecule has 0 bridgehead atoms. The van der Waals surface area contributed by atoms with Crippen molar-refractivity contribution < 1.29 is 4.79 Å². The van der Waals surface area contributed by atoms with E-state index in [2.05, 4.69) is 15.5 Å². The molecule has 0 saturated heterocycles. The molecule has 5 nitrogen and oxygen atoms in total. The number of carbonyl (C=O) groups excluding carboxylic acids is 1. The molecule has 0 unspecified atom stereocenters. The van der Waals surface area contributed by atoms with Crippen LogP contribution in [-0.4, -0.2) is 22.6 Å². The lowest BCUT2D eigenvalue weighted by atomic mass is 10.2. The first-order valence-corrected chi connectivity index (χ1v) is 4.91. The van der Waals surface area contributed by atoms with Crippen molar-refractivity contribution in [1.82, 2.24) is 15.5 Å². The number of para-hydroxylation sites is 1. The molecule has 16 heavy (non-hydrogen) atoms. The minimum atomic E-state index is -0.257. The maximum atomic E-state index is 11.7. The molecule has 0 aliphatic heterocycles. The number of benzene rings is 1. The molecule has 2 aromatic rings. The van der Waals surface area contributed by atoms with E-state index in [1.54, 1.807) is 0 Å². The number of amides is 1. The minimum Gasteiger partial charge on any atom is -0.350 e. The van der Waals surface area contributed by atoms with Gasteiger partial charge in [-0.1, -0.05) is 18.2 Å². The van der Waals surface area contributed by atoms with Gasteiger partial charge in [0.1, 0.15) is 0 Å². The molecule has 0 atom stereocenters. The van der Waals surface area contributed by atoms with E-state index >= 15 is 0 Å². The van der Waals surface area contributed by atoms with Crippen LogP contribution >= 0.6 is 0 Å². The SMILES string of the molecule is N#CCCNC(=O)c1n[nH]c2ccccc12. The van der Waals surface area contributed by atoms with Crippen LogP contribution in [0.25, 0.3) is 10.9 Å². The lowest BCUT2D eigenvalue weighted by Gasteiger charge is -1.99. The number of rotatable bonds is 3. The summed E-state index contributed by atoms with van der Waals surface area (Å²) in [4.78, 5) is 11.7. The van der Waals surface area contributed by atoms with Crippen molar-refractivity contribution in [2.24, 2.45) is 0 Å². The van der Waals surface area contributed by atoms with E-state index in [4.69, 9.17) is 5.26 Å². The molecule has 1 amide bonds. The summed E-state index contributed by atoms with van der Waals surface area (Å²) in [5.41, 5.74) is 1.20. The highest BCUT2D eigenvalue weighted by Gasteiger charge is 2.12. The lowest BCUT2D eigenvalue weighted by molar-refractivity contribution is 0.0951. The van der Waals surface area contributed by atoms with Crippen molar-refractivity contribution in [2.75, 3.05) is 6.54 Å². The summed E-state index contributed by atoms with van der Waals surface area (Å²) in [6.07, 6.45) is 0.300. The van der Waals surface area contributed by atoms with Crippen molar-refractivity contribution in [3.8, 4) is 6.07 Å². The number of aromatic amines is 1. The second kappa shape index (κ2) is 4.45. The molecule has 1 aromatic carbocycles. The van der Waals surface area contributed by atoms with Crippen molar-refractivity contribution in [3.05, 3.63) is 30.0 Å². The first kappa shape index (κ1) is 10.2. The van der Waals surface area contributed by atoms with Gasteiger partial charge in [-0.3, -0.25) is 9.89 Å². The topological polar surface area (TPSA) is 81.6 Å². The molecule has 1 heterocycles. The zero-order valence-electron chi connectivity index (χ0n) is 8.53. The lowest BCUT2D eigenvalue weighted by Crippen LogP contribution is -2.24. The number of nitriles is 1. The molecule has 2 N–H and O–H groups in total. The first-order chi connectivity index (χ1) is 7.83. The number of carbonyl (C=O) groups is 1. The van der Waals surface area contributed by atoms with Gasteiger partial charge in [0, 0.05) is 11.9 Å². The minimum absolute atomic E-state index is 0.257. The van der Waals surface area contributed by atoms with Gasteiger partial charge in [0.15, 0.2) is 5.69 Å². The van der Waals surface area contributed by atoms with E-state index in [1.807, 2.05) is 30.3 Å². The van der Waals surface area contributed by atoms with Crippen LogP contribution in [0, 0.1) is 11.3 Å². The molecule has 0 radical (unpaired) electrons. The number of nitrogens with zero attached hydrogens (tertiary/aromatic N) is 2. The average molecular weight is 214 g/mol.